The number of rotatable bonds is 14. The number of hydrogen-bond acceptors (Lipinski definition) is 7. The number of fused-ring (bicyclic) bond motifs is 2. The Balaban J connectivity index is 0.980. The van der Waals surface area contributed by atoms with Crippen LogP contribution in [0.2, 0.25) is 0 Å². The van der Waals surface area contributed by atoms with Gasteiger partial charge in [-0.15, -0.1) is 0 Å². The second-order valence-corrected chi connectivity index (χ2v) is 7.92. The maximum Gasteiger partial charge on any atom is 0.120 e. The van der Waals surface area contributed by atoms with E-state index in [1.165, 1.54) is 0 Å². The minimum Gasteiger partial charge on any atom is -0.508 e. The number of ether oxygens (including phenoxy) is 5. The molecular formula is C28H30O7. The lowest BCUT2D eigenvalue weighted by atomic mass is 10.1. The monoisotopic (exact) mass is 478 g/mol. The van der Waals surface area contributed by atoms with E-state index in [1.807, 2.05) is 48.5 Å². The van der Waals surface area contributed by atoms with Gasteiger partial charge in [0.2, 0.25) is 0 Å². The number of phenolic OH excluding ortho intramolecular Hbond substituents is 2. The molecule has 0 unspecified atom stereocenters. The average Bonchev–Trinajstić information content (AvgIpc) is 2.86. The summed E-state index contributed by atoms with van der Waals surface area (Å²) >= 11 is 0. The van der Waals surface area contributed by atoms with Crippen molar-refractivity contribution in [1.82, 2.24) is 0 Å². The van der Waals surface area contributed by atoms with E-state index in [4.69, 9.17) is 23.7 Å². The van der Waals surface area contributed by atoms with Crippen LogP contribution in [0.3, 0.4) is 0 Å². The maximum absolute atomic E-state index is 9.52. The Kier molecular flexibility index (Phi) is 9.00. The zero-order valence-electron chi connectivity index (χ0n) is 19.5. The molecule has 0 amide bonds. The van der Waals surface area contributed by atoms with Crippen molar-refractivity contribution in [2.75, 3.05) is 52.9 Å². The third kappa shape index (κ3) is 7.75. The molecule has 0 saturated heterocycles. The summed E-state index contributed by atoms with van der Waals surface area (Å²) in [5, 5.41) is 23.0. The fraction of sp³-hybridized carbons (Fsp3) is 0.286. The first-order valence-electron chi connectivity index (χ1n) is 11.6. The lowest BCUT2D eigenvalue weighted by molar-refractivity contribution is 0.00500. The highest BCUT2D eigenvalue weighted by atomic mass is 16.6. The number of phenols is 2. The Bertz CT molecular complexity index is 1130. The first-order valence-corrected chi connectivity index (χ1v) is 11.6. The standard InChI is InChI=1S/C28H30O7/c29-25-5-1-23-19-27(7-3-21(23)17-25)34-15-13-32-11-9-31-10-12-33-14-16-35-28-8-4-22-18-26(30)6-2-24(22)20-28/h1-8,17-20,29-30H,9-16H2. The van der Waals surface area contributed by atoms with Crippen LogP contribution < -0.4 is 9.47 Å². The van der Waals surface area contributed by atoms with E-state index < -0.39 is 0 Å². The van der Waals surface area contributed by atoms with Crippen molar-refractivity contribution in [3.05, 3.63) is 72.8 Å². The molecule has 0 aromatic heterocycles. The topological polar surface area (TPSA) is 86.6 Å². The largest absolute Gasteiger partial charge is 0.508 e. The molecule has 0 fully saturated rings. The molecule has 7 heteroatoms. The van der Waals surface area contributed by atoms with Crippen LogP contribution in [0.4, 0.5) is 0 Å². The van der Waals surface area contributed by atoms with Gasteiger partial charge >= 0.3 is 0 Å². The van der Waals surface area contributed by atoms with Crippen LogP contribution in [-0.2, 0) is 14.2 Å². The van der Waals surface area contributed by atoms with Crippen LogP contribution >= 0.6 is 0 Å². The van der Waals surface area contributed by atoms with Gasteiger partial charge in [-0.25, -0.2) is 0 Å². The van der Waals surface area contributed by atoms with Gasteiger partial charge in [0, 0.05) is 0 Å². The van der Waals surface area contributed by atoms with Gasteiger partial charge in [-0.3, -0.25) is 0 Å². The van der Waals surface area contributed by atoms with Gasteiger partial charge in [-0.1, -0.05) is 24.3 Å². The number of benzene rings is 4. The SMILES string of the molecule is Oc1ccc2cc(OCCOCCOCCOCCOc3ccc4cc(O)ccc4c3)ccc2c1. The number of aromatic hydroxyl groups is 2. The summed E-state index contributed by atoms with van der Waals surface area (Å²) in [5.41, 5.74) is 0. The molecular weight excluding hydrogens is 448 g/mol. The Labute approximate surface area is 204 Å². The van der Waals surface area contributed by atoms with Crippen molar-refractivity contribution in [3.8, 4) is 23.0 Å². The molecule has 0 spiro atoms. The van der Waals surface area contributed by atoms with E-state index in [1.54, 1.807) is 24.3 Å². The van der Waals surface area contributed by atoms with Crippen molar-refractivity contribution in [2.45, 2.75) is 0 Å². The van der Waals surface area contributed by atoms with Crippen molar-refractivity contribution in [1.29, 1.82) is 0 Å². The highest BCUT2D eigenvalue weighted by Crippen LogP contribution is 2.25. The zero-order valence-corrected chi connectivity index (χ0v) is 19.5. The van der Waals surface area contributed by atoms with Crippen LogP contribution in [0.1, 0.15) is 0 Å². The van der Waals surface area contributed by atoms with E-state index in [9.17, 15) is 10.2 Å². The third-order valence-corrected chi connectivity index (χ3v) is 5.33. The summed E-state index contributed by atoms with van der Waals surface area (Å²) in [5.74, 6) is 2.04. The highest BCUT2D eigenvalue weighted by molar-refractivity contribution is 5.85. The molecule has 7 nitrogen and oxygen atoms in total. The van der Waals surface area contributed by atoms with E-state index in [-0.39, 0.29) is 11.5 Å². The van der Waals surface area contributed by atoms with Gasteiger partial charge in [0.15, 0.2) is 0 Å². The molecule has 4 aromatic rings. The molecule has 35 heavy (non-hydrogen) atoms. The predicted molar refractivity (Wildman–Crippen MR) is 135 cm³/mol. The van der Waals surface area contributed by atoms with E-state index in [0.29, 0.717) is 52.9 Å². The predicted octanol–water partition coefficient (Wildman–Crippen LogP) is 4.91. The highest BCUT2D eigenvalue weighted by Gasteiger charge is 2.01. The van der Waals surface area contributed by atoms with Crippen LogP contribution in [0.15, 0.2) is 72.8 Å². The molecule has 4 rings (SSSR count). The molecule has 0 saturated carbocycles. The van der Waals surface area contributed by atoms with Crippen molar-refractivity contribution >= 4 is 21.5 Å². The van der Waals surface area contributed by atoms with Crippen LogP contribution in [0.5, 0.6) is 23.0 Å². The van der Waals surface area contributed by atoms with Crippen molar-refractivity contribution < 1.29 is 33.9 Å². The summed E-state index contributed by atoms with van der Waals surface area (Å²) < 4.78 is 28.0. The lowest BCUT2D eigenvalue weighted by Crippen LogP contribution is -2.14. The van der Waals surface area contributed by atoms with E-state index in [0.717, 1.165) is 33.0 Å². The van der Waals surface area contributed by atoms with Crippen LogP contribution in [-0.4, -0.2) is 63.1 Å². The molecule has 0 aliphatic heterocycles. The Morgan fingerprint density at radius 3 is 1.17 bits per heavy atom. The van der Waals surface area contributed by atoms with E-state index >= 15 is 0 Å². The summed E-state index contributed by atoms with van der Waals surface area (Å²) in [6.07, 6.45) is 0. The Morgan fingerprint density at radius 1 is 0.400 bits per heavy atom. The Hall–Kier alpha value is -3.52. The molecule has 0 bridgehead atoms. The Morgan fingerprint density at radius 2 is 0.743 bits per heavy atom. The van der Waals surface area contributed by atoms with Gasteiger partial charge in [-0.05, 0) is 70.1 Å². The van der Waals surface area contributed by atoms with Crippen LogP contribution in [0.25, 0.3) is 21.5 Å². The van der Waals surface area contributed by atoms with Crippen molar-refractivity contribution in [2.24, 2.45) is 0 Å². The number of hydrogen-bond donors (Lipinski definition) is 2. The second kappa shape index (κ2) is 12.8. The summed E-state index contributed by atoms with van der Waals surface area (Å²) in [7, 11) is 0. The van der Waals surface area contributed by atoms with Gasteiger partial charge in [0.1, 0.15) is 36.2 Å². The summed E-state index contributed by atoms with van der Waals surface area (Å²) in [4.78, 5) is 0. The smallest absolute Gasteiger partial charge is 0.120 e. The molecule has 0 heterocycles. The molecule has 0 atom stereocenters. The molecule has 0 aliphatic rings. The fourth-order valence-electron chi connectivity index (χ4n) is 3.58. The normalized spacial score (nSPS) is 11.2. The van der Waals surface area contributed by atoms with Crippen molar-refractivity contribution in [3.63, 3.8) is 0 Å². The zero-order chi connectivity index (χ0) is 24.3. The lowest BCUT2D eigenvalue weighted by Gasteiger charge is -2.10. The van der Waals surface area contributed by atoms with E-state index in [2.05, 4.69) is 0 Å². The first kappa shape index (κ1) is 24.6. The molecule has 4 aromatic carbocycles. The molecule has 2 N–H and O–H groups in total. The van der Waals surface area contributed by atoms with Gasteiger partial charge in [0.05, 0.1) is 39.6 Å². The quantitative estimate of drug-likeness (QED) is 0.249. The van der Waals surface area contributed by atoms with Gasteiger partial charge < -0.3 is 33.9 Å². The summed E-state index contributed by atoms with van der Waals surface area (Å²) in [6, 6.07) is 22.0. The summed E-state index contributed by atoms with van der Waals surface area (Å²) in [6.45, 7) is 3.81. The minimum absolute atomic E-state index is 0.253. The average molecular weight is 479 g/mol. The van der Waals surface area contributed by atoms with Crippen LogP contribution in [0, 0.1) is 0 Å². The van der Waals surface area contributed by atoms with Gasteiger partial charge in [0.25, 0.3) is 0 Å². The molecule has 184 valence electrons. The minimum atomic E-state index is 0.253. The second-order valence-electron chi connectivity index (χ2n) is 7.92. The first-order chi connectivity index (χ1) is 17.2. The molecule has 0 aliphatic carbocycles. The molecule has 0 radical (unpaired) electrons. The fourth-order valence-corrected chi connectivity index (χ4v) is 3.58. The van der Waals surface area contributed by atoms with Gasteiger partial charge in [-0.2, -0.15) is 0 Å². The maximum atomic E-state index is 9.52. The third-order valence-electron chi connectivity index (χ3n) is 5.33.